The van der Waals surface area contributed by atoms with Crippen molar-refractivity contribution in [2.24, 2.45) is 0 Å². The summed E-state index contributed by atoms with van der Waals surface area (Å²) in [6.45, 7) is 2.48. The van der Waals surface area contributed by atoms with E-state index >= 15 is 0 Å². The summed E-state index contributed by atoms with van der Waals surface area (Å²) in [6, 6.07) is 1.62. The van der Waals surface area contributed by atoms with Gasteiger partial charge in [-0.2, -0.15) is 4.98 Å². The van der Waals surface area contributed by atoms with Crippen molar-refractivity contribution < 1.29 is 5.11 Å². The molecule has 1 heterocycles. The third-order valence-electron chi connectivity index (χ3n) is 1.79. The zero-order valence-corrected chi connectivity index (χ0v) is 8.27. The molecule has 4 N–H and O–H groups in total. The van der Waals surface area contributed by atoms with E-state index in [-0.39, 0.29) is 6.10 Å². The summed E-state index contributed by atoms with van der Waals surface area (Å²) in [7, 11) is 0. The van der Waals surface area contributed by atoms with Crippen molar-refractivity contribution in [3.8, 4) is 0 Å². The normalized spacial score (nSPS) is 12.4. The van der Waals surface area contributed by atoms with Gasteiger partial charge in [-0.3, -0.25) is 0 Å². The van der Waals surface area contributed by atoms with Gasteiger partial charge >= 0.3 is 0 Å². The standard InChI is InChI=1S/C9H16N4O/c1-2-3-7(14)6-12-9-11-5-4-8(10)13-9/h4-5,7,14H,2-3,6H2,1H3,(H3,10,11,12,13). The Morgan fingerprint density at radius 2 is 2.43 bits per heavy atom. The first-order valence-electron chi connectivity index (χ1n) is 4.73. The second-order valence-electron chi connectivity index (χ2n) is 3.13. The first kappa shape index (κ1) is 10.7. The molecule has 0 bridgehead atoms. The maximum absolute atomic E-state index is 9.43. The van der Waals surface area contributed by atoms with Gasteiger partial charge in [0.05, 0.1) is 6.10 Å². The van der Waals surface area contributed by atoms with Crippen LogP contribution in [0.15, 0.2) is 12.3 Å². The van der Waals surface area contributed by atoms with E-state index in [0.29, 0.717) is 18.3 Å². The molecule has 0 saturated heterocycles. The quantitative estimate of drug-likeness (QED) is 0.643. The van der Waals surface area contributed by atoms with Crippen LogP contribution >= 0.6 is 0 Å². The van der Waals surface area contributed by atoms with E-state index < -0.39 is 0 Å². The molecule has 0 saturated carbocycles. The molecule has 5 heteroatoms. The molecule has 5 nitrogen and oxygen atoms in total. The van der Waals surface area contributed by atoms with Gasteiger partial charge < -0.3 is 16.2 Å². The van der Waals surface area contributed by atoms with Crippen LogP contribution < -0.4 is 11.1 Å². The molecular formula is C9H16N4O. The molecule has 0 aliphatic heterocycles. The highest BCUT2D eigenvalue weighted by atomic mass is 16.3. The average molecular weight is 196 g/mol. The second kappa shape index (κ2) is 5.39. The summed E-state index contributed by atoms with van der Waals surface area (Å²) >= 11 is 0. The molecule has 1 aromatic rings. The van der Waals surface area contributed by atoms with Gasteiger partial charge in [0.1, 0.15) is 5.82 Å². The highest BCUT2D eigenvalue weighted by Crippen LogP contribution is 2.02. The van der Waals surface area contributed by atoms with Gasteiger partial charge in [-0.15, -0.1) is 0 Å². The fourth-order valence-corrected chi connectivity index (χ4v) is 1.10. The first-order valence-corrected chi connectivity index (χ1v) is 4.73. The maximum Gasteiger partial charge on any atom is 0.224 e. The Morgan fingerprint density at radius 3 is 3.07 bits per heavy atom. The third kappa shape index (κ3) is 3.57. The molecule has 1 atom stereocenters. The molecule has 0 fully saturated rings. The number of nitrogens with one attached hydrogen (secondary N) is 1. The lowest BCUT2D eigenvalue weighted by atomic mass is 10.2. The number of hydrogen-bond donors (Lipinski definition) is 3. The van der Waals surface area contributed by atoms with Gasteiger partial charge in [0, 0.05) is 12.7 Å². The number of hydrogen-bond acceptors (Lipinski definition) is 5. The van der Waals surface area contributed by atoms with Crippen molar-refractivity contribution in [1.29, 1.82) is 0 Å². The molecule has 1 unspecified atom stereocenters. The van der Waals surface area contributed by atoms with E-state index in [1.165, 1.54) is 0 Å². The molecule has 78 valence electrons. The van der Waals surface area contributed by atoms with Crippen LogP contribution in [0.4, 0.5) is 11.8 Å². The third-order valence-corrected chi connectivity index (χ3v) is 1.79. The van der Waals surface area contributed by atoms with Crippen molar-refractivity contribution in [2.45, 2.75) is 25.9 Å². The fraction of sp³-hybridized carbons (Fsp3) is 0.556. The van der Waals surface area contributed by atoms with Crippen molar-refractivity contribution in [3.63, 3.8) is 0 Å². The fourth-order valence-electron chi connectivity index (χ4n) is 1.10. The van der Waals surface area contributed by atoms with E-state index in [2.05, 4.69) is 15.3 Å². The van der Waals surface area contributed by atoms with Crippen LogP contribution in [0.25, 0.3) is 0 Å². The lowest BCUT2D eigenvalue weighted by Crippen LogP contribution is -2.20. The Morgan fingerprint density at radius 1 is 1.64 bits per heavy atom. The highest BCUT2D eigenvalue weighted by molar-refractivity contribution is 5.34. The minimum Gasteiger partial charge on any atom is -0.391 e. The van der Waals surface area contributed by atoms with Crippen molar-refractivity contribution in [2.75, 3.05) is 17.6 Å². The van der Waals surface area contributed by atoms with E-state index in [1.807, 2.05) is 6.92 Å². The summed E-state index contributed by atoms with van der Waals surface area (Å²) in [5, 5.41) is 12.3. The molecule has 0 amide bonds. The number of rotatable bonds is 5. The predicted molar refractivity (Wildman–Crippen MR) is 55.8 cm³/mol. The van der Waals surface area contributed by atoms with E-state index in [0.717, 1.165) is 12.8 Å². The summed E-state index contributed by atoms with van der Waals surface area (Å²) in [5.41, 5.74) is 5.47. The van der Waals surface area contributed by atoms with Gasteiger partial charge in [0.2, 0.25) is 5.95 Å². The Bertz CT molecular complexity index is 279. The van der Waals surface area contributed by atoms with Crippen LogP contribution in [0.1, 0.15) is 19.8 Å². The number of aromatic nitrogens is 2. The monoisotopic (exact) mass is 196 g/mol. The van der Waals surface area contributed by atoms with Gasteiger partial charge in [-0.05, 0) is 12.5 Å². The van der Waals surface area contributed by atoms with E-state index in [1.54, 1.807) is 12.3 Å². The Kier molecular flexibility index (Phi) is 4.12. The molecule has 0 radical (unpaired) electrons. The zero-order valence-electron chi connectivity index (χ0n) is 8.27. The van der Waals surface area contributed by atoms with E-state index in [9.17, 15) is 5.11 Å². The summed E-state index contributed by atoms with van der Waals surface area (Å²) in [4.78, 5) is 7.91. The largest absolute Gasteiger partial charge is 0.391 e. The topological polar surface area (TPSA) is 84.1 Å². The van der Waals surface area contributed by atoms with Crippen LogP contribution in [-0.4, -0.2) is 27.7 Å². The average Bonchev–Trinajstić information content (AvgIpc) is 2.15. The Labute approximate surface area is 83.4 Å². The SMILES string of the molecule is CCCC(O)CNc1nccc(N)n1. The van der Waals surface area contributed by atoms with Gasteiger partial charge in [-0.1, -0.05) is 13.3 Å². The smallest absolute Gasteiger partial charge is 0.224 e. The summed E-state index contributed by atoms with van der Waals surface area (Å²) in [6.07, 6.45) is 2.96. The summed E-state index contributed by atoms with van der Waals surface area (Å²) in [5.74, 6) is 0.882. The molecule has 0 aromatic carbocycles. The molecule has 0 spiro atoms. The van der Waals surface area contributed by atoms with Crippen molar-refractivity contribution >= 4 is 11.8 Å². The zero-order chi connectivity index (χ0) is 10.4. The van der Waals surface area contributed by atoms with Crippen LogP contribution in [0.2, 0.25) is 0 Å². The minimum atomic E-state index is -0.356. The molecule has 1 aromatic heterocycles. The number of nitrogen functional groups attached to an aromatic ring is 1. The number of aliphatic hydroxyl groups excluding tert-OH is 1. The number of nitrogens with two attached hydrogens (primary N) is 1. The second-order valence-corrected chi connectivity index (χ2v) is 3.13. The van der Waals surface area contributed by atoms with E-state index in [4.69, 9.17) is 5.73 Å². The molecule has 14 heavy (non-hydrogen) atoms. The Hall–Kier alpha value is -1.36. The van der Waals surface area contributed by atoms with Gasteiger partial charge in [0.25, 0.3) is 0 Å². The van der Waals surface area contributed by atoms with Crippen LogP contribution in [0, 0.1) is 0 Å². The first-order chi connectivity index (χ1) is 6.72. The van der Waals surface area contributed by atoms with Crippen LogP contribution in [-0.2, 0) is 0 Å². The molecule has 0 aliphatic rings. The van der Waals surface area contributed by atoms with Gasteiger partial charge in [0.15, 0.2) is 0 Å². The molecule has 1 rings (SSSR count). The minimum absolute atomic E-state index is 0.356. The lowest BCUT2D eigenvalue weighted by molar-refractivity contribution is 0.176. The summed E-state index contributed by atoms with van der Waals surface area (Å²) < 4.78 is 0. The van der Waals surface area contributed by atoms with Gasteiger partial charge in [-0.25, -0.2) is 4.98 Å². The Balaban J connectivity index is 2.37. The number of nitrogens with zero attached hydrogens (tertiary/aromatic N) is 2. The molecular weight excluding hydrogens is 180 g/mol. The number of aliphatic hydroxyl groups is 1. The van der Waals surface area contributed by atoms with Crippen molar-refractivity contribution in [3.05, 3.63) is 12.3 Å². The predicted octanol–water partition coefficient (Wildman–Crippen LogP) is 0.632. The maximum atomic E-state index is 9.43. The lowest BCUT2D eigenvalue weighted by Gasteiger charge is -2.10. The highest BCUT2D eigenvalue weighted by Gasteiger charge is 2.03. The van der Waals surface area contributed by atoms with Crippen LogP contribution in [0.5, 0.6) is 0 Å². The van der Waals surface area contributed by atoms with Crippen LogP contribution in [0.3, 0.4) is 0 Å². The molecule has 0 aliphatic carbocycles. The number of anilines is 2. The van der Waals surface area contributed by atoms with Crippen molar-refractivity contribution in [1.82, 2.24) is 9.97 Å².